The minimum Gasteiger partial charge on any atom is -0.356 e. The van der Waals surface area contributed by atoms with E-state index in [1.54, 1.807) is 0 Å². The average Bonchev–Trinajstić information content (AvgIpc) is 3.26. The molecule has 3 heterocycles. The quantitative estimate of drug-likeness (QED) is 0.604. The molecule has 2 aliphatic rings. The maximum absolute atomic E-state index is 12.7. The molecule has 0 spiro atoms. The van der Waals surface area contributed by atoms with Gasteiger partial charge >= 0.3 is 0 Å². The second-order valence-electron chi connectivity index (χ2n) is 9.29. The van der Waals surface area contributed by atoms with Crippen LogP contribution in [0.15, 0.2) is 28.8 Å². The number of carbonyl (C=O) groups excluding carboxylic acids is 1. The number of aromatic nitrogens is 2. The van der Waals surface area contributed by atoms with Crippen molar-refractivity contribution in [1.82, 2.24) is 25.3 Å². The summed E-state index contributed by atoms with van der Waals surface area (Å²) in [6, 6.07) is 7.38. The number of amides is 1. The molecule has 2 aromatic rings. The number of carbonyl (C=O) groups is 1. The molecular formula is C24H34ClN5O2. The van der Waals surface area contributed by atoms with Crippen LogP contribution in [0.5, 0.6) is 0 Å². The maximum Gasteiger partial charge on any atom is 0.241 e. The van der Waals surface area contributed by atoms with Gasteiger partial charge in [-0.25, -0.2) is 0 Å². The zero-order valence-electron chi connectivity index (χ0n) is 18.9. The lowest BCUT2D eigenvalue weighted by atomic mass is 9.97. The van der Waals surface area contributed by atoms with Crippen molar-refractivity contribution in [3.8, 4) is 11.4 Å². The zero-order valence-corrected chi connectivity index (χ0v) is 19.7. The lowest BCUT2D eigenvalue weighted by Gasteiger charge is -2.31. The number of hydrogen-bond donors (Lipinski definition) is 1. The van der Waals surface area contributed by atoms with Crippen molar-refractivity contribution >= 4 is 17.5 Å². The van der Waals surface area contributed by atoms with Crippen LogP contribution in [0.25, 0.3) is 11.4 Å². The zero-order chi connectivity index (χ0) is 22.3. The molecule has 32 heavy (non-hydrogen) atoms. The number of likely N-dealkylation sites (tertiary alicyclic amines) is 2. The lowest BCUT2D eigenvalue weighted by molar-refractivity contribution is -0.126. The van der Waals surface area contributed by atoms with Gasteiger partial charge in [-0.2, -0.15) is 4.98 Å². The Morgan fingerprint density at radius 2 is 1.94 bits per heavy atom. The Morgan fingerprint density at radius 1 is 1.16 bits per heavy atom. The van der Waals surface area contributed by atoms with Gasteiger partial charge in [0.1, 0.15) is 0 Å². The van der Waals surface area contributed by atoms with Gasteiger partial charge in [-0.05, 0) is 81.9 Å². The monoisotopic (exact) mass is 459 g/mol. The number of piperidine rings is 2. The van der Waals surface area contributed by atoms with Crippen molar-refractivity contribution in [2.24, 2.45) is 11.8 Å². The van der Waals surface area contributed by atoms with Gasteiger partial charge in [0, 0.05) is 30.2 Å². The number of hydrogen-bond acceptors (Lipinski definition) is 6. The van der Waals surface area contributed by atoms with Crippen LogP contribution in [0.2, 0.25) is 5.02 Å². The third-order valence-electron chi connectivity index (χ3n) is 6.50. The van der Waals surface area contributed by atoms with Crippen molar-refractivity contribution < 1.29 is 9.32 Å². The summed E-state index contributed by atoms with van der Waals surface area (Å²) in [7, 11) is 0. The lowest BCUT2D eigenvalue weighted by Crippen LogP contribution is -2.43. The Morgan fingerprint density at radius 3 is 2.75 bits per heavy atom. The van der Waals surface area contributed by atoms with E-state index in [-0.39, 0.29) is 11.8 Å². The number of halogens is 1. The Kier molecular flexibility index (Phi) is 8.16. The van der Waals surface area contributed by atoms with Gasteiger partial charge in [-0.3, -0.25) is 9.69 Å². The summed E-state index contributed by atoms with van der Waals surface area (Å²) in [4.78, 5) is 22.0. The SMILES string of the molecule is CC1CCCN(CCCNC(=O)C2CCCN(Cc3nc(-c4ccc(Cl)cc4)no3)C2)C1. The minimum absolute atomic E-state index is 0.0254. The van der Waals surface area contributed by atoms with Crippen LogP contribution >= 0.6 is 11.6 Å². The van der Waals surface area contributed by atoms with Crippen LogP contribution in [-0.2, 0) is 11.3 Å². The molecule has 0 aliphatic carbocycles. The second kappa shape index (κ2) is 11.3. The molecule has 1 aromatic carbocycles. The molecule has 7 nitrogen and oxygen atoms in total. The van der Waals surface area contributed by atoms with Crippen LogP contribution in [0.3, 0.4) is 0 Å². The first-order valence-electron chi connectivity index (χ1n) is 11.9. The van der Waals surface area contributed by atoms with Gasteiger partial charge in [-0.1, -0.05) is 23.7 Å². The standard InChI is InChI=1S/C24H34ClN5O2/c1-18-5-2-12-29(15-18)14-4-11-26-24(31)20-6-3-13-30(16-20)17-22-27-23(28-32-22)19-7-9-21(25)10-8-19/h7-10,18,20H,2-6,11-17H2,1H3,(H,26,31). The number of nitrogens with zero attached hydrogens (tertiary/aromatic N) is 4. The molecule has 0 saturated carbocycles. The molecule has 2 atom stereocenters. The van der Waals surface area contributed by atoms with E-state index in [1.807, 2.05) is 24.3 Å². The molecule has 2 fully saturated rings. The Balaban J connectivity index is 1.20. The van der Waals surface area contributed by atoms with Gasteiger partial charge in [-0.15, -0.1) is 0 Å². The minimum atomic E-state index is 0.0254. The fourth-order valence-electron chi connectivity index (χ4n) is 4.79. The van der Waals surface area contributed by atoms with E-state index in [2.05, 4.69) is 32.2 Å². The highest BCUT2D eigenvalue weighted by Crippen LogP contribution is 2.22. The predicted octanol–water partition coefficient (Wildman–Crippen LogP) is 3.84. The van der Waals surface area contributed by atoms with E-state index < -0.39 is 0 Å². The Labute approximate surface area is 195 Å². The molecule has 0 radical (unpaired) electrons. The fraction of sp³-hybridized carbons (Fsp3) is 0.625. The van der Waals surface area contributed by atoms with Crippen LogP contribution in [-0.4, -0.2) is 65.1 Å². The molecule has 0 bridgehead atoms. The third-order valence-corrected chi connectivity index (χ3v) is 6.75. The number of rotatable bonds is 8. The molecule has 2 unspecified atom stereocenters. The highest BCUT2D eigenvalue weighted by molar-refractivity contribution is 6.30. The summed E-state index contributed by atoms with van der Waals surface area (Å²) in [5.41, 5.74) is 0.874. The predicted molar refractivity (Wildman–Crippen MR) is 125 cm³/mol. The van der Waals surface area contributed by atoms with Crippen molar-refractivity contribution in [3.63, 3.8) is 0 Å². The molecular weight excluding hydrogens is 426 g/mol. The topological polar surface area (TPSA) is 74.5 Å². The molecule has 4 rings (SSSR count). The first-order chi connectivity index (χ1) is 15.6. The van der Waals surface area contributed by atoms with E-state index in [9.17, 15) is 4.79 Å². The van der Waals surface area contributed by atoms with Crippen LogP contribution < -0.4 is 5.32 Å². The van der Waals surface area contributed by atoms with E-state index in [0.29, 0.717) is 23.3 Å². The summed E-state index contributed by atoms with van der Waals surface area (Å²) in [5.74, 6) is 2.14. The van der Waals surface area contributed by atoms with Crippen LogP contribution in [0.1, 0.15) is 44.9 Å². The molecule has 2 saturated heterocycles. The molecule has 174 valence electrons. The maximum atomic E-state index is 12.7. The first kappa shape index (κ1) is 23.2. The van der Waals surface area contributed by atoms with Crippen LogP contribution in [0, 0.1) is 11.8 Å². The van der Waals surface area contributed by atoms with Crippen molar-refractivity contribution in [2.45, 2.75) is 45.6 Å². The molecule has 1 aromatic heterocycles. The molecule has 1 N–H and O–H groups in total. The van der Waals surface area contributed by atoms with Crippen molar-refractivity contribution in [3.05, 3.63) is 35.2 Å². The number of benzene rings is 1. The van der Waals surface area contributed by atoms with Gasteiger partial charge < -0.3 is 14.7 Å². The van der Waals surface area contributed by atoms with Crippen molar-refractivity contribution in [2.75, 3.05) is 39.3 Å². The van der Waals surface area contributed by atoms with Crippen LogP contribution in [0.4, 0.5) is 0 Å². The largest absolute Gasteiger partial charge is 0.356 e. The van der Waals surface area contributed by atoms with Gasteiger partial charge in [0.05, 0.1) is 12.5 Å². The Bertz CT molecular complexity index is 872. The van der Waals surface area contributed by atoms with E-state index in [4.69, 9.17) is 16.1 Å². The number of nitrogens with one attached hydrogen (secondary N) is 1. The smallest absolute Gasteiger partial charge is 0.241 e. The summed E-state index contributed by atoms with van der Waals surface area (Å²) in [6.07, 6.45) is 5.60. The molecule has 2 aliphatic heterocycles. The molecule has 8 heteroatoms. The first-order valence-corrected chi connectivity index (χ1v) is 12.3. The summed E-state index contributed by atoms with van der Waals surface area (Å²) >= 11 is 5.95. The second-order valence-corrected chi connectivity index (χ2v) is 9.72. The van der Waals surface area contributed by atoms with Gasteiger partial charge in [0.2, 0.25) is 17.6 Å². The summed E-state index contributed by atoms with van der Waals surface area (Å²) in [5, 5.41) is 7.93. The summed E-state index contributed by atoms with van der Waals surface area (Å²) < 4.78 is 5.45. The highest BCUT2D eigenvalue weighted by Gasteiger charge is 2.27. The van der Waals surface area contributed by atoms with E-state index in [1.165, 1.54) is 25.9 Å². The van der Waals surface area contributed by atoms with E-state index >= 15 is 0 Å². The van der Waals surface area contributed by atoms with Gasteiger partial charge in [0.15, 0.2) is 0 Å². The summed E-state index contributed by atoms with van der Waals surface area (Å²) in [6.45, 7) is 8.80. The molecule has 1 amide bonds. The third kappa shape index (κ3) is 6.53. The normalized spacial score (nSPS) is 22.7. The van der Waals surface area contributed by atoms with E-state index in [0.717, 1.165) is 56.9 Å². The van der Waals surface area contributed by atoms with Gasteiger partial charge in [0.25, 0.3) is 0 Å². The highest BCUT2D eigenvalue weighted by atomic mass is 35.5. The fourth-order valence-corrected chi connectivity index (χ4v) is 4.91. The average molecular weight is 460 g/mol. The van der Waals surface area contributed by atoms with Crippen molar-refractivity contribution in [1.29, 1.82) is 0 Å². The Hall–Kier alpha value is -1.96.